The minimum Gasteiger partial charge on any atom is -0.486 e. The Hall–Kier alpha value is -1.95. The molecule has 1 aromatic rings. The molecule has 2 heterocycles. The van der Waals surface area contributed by atoms with E-state index < -0.39 is 0 Å². The number of halogens is 1. The Kier molecular flexibility index (Phi) is 4.61. The van der Waals surface area contributed by atoms with Crippen LogP contribution in [0.2, 0.25) is 5.02 Å². The van der Waals surface area contributed by atoms with Crippen LogP contribution in [-0.4, -0.2) is 43.0 Å². The molecule has 2 aliphatic rings. The standard InChI is InChI=1S/C16H19ClN2O4/c17-12-8-11(9-13-15(12)23-6-5-22-13)16(21)19-3-1-10(2-4-19)7-14(18)20/h8-10H,1-7H2,(H2,18,20). The first-order valence-electron chi connectivity index (χ1n) is 7.71. The molecule has 2 N–H and O–H groups in total. The Bertz CT molecular complexity index is 627. The zero-order valence-corrected chi connectivity index (χ0v) is 13.5. The van der Waals surface area contributed by atoms with Crippen molar-refractivity contribution in [3.63, 3.8) is 0 Å². The van der Waals surface area contributed by atoms with E-state index in [1.807, 2.05) is 0 Å². The lowest BCUT2D eigenvalue weighted by Crippen LogP contribution is -2.39. The van der Waals surface area contributed by atoms with Crippen molar-refractivity contribution in [3.8, 4) is 11.5 Å². The molecule has 0 saturated carbocycles. The molecule has 2 aliphatic heterocycles. The summed E-state index contributed by atoms with van der Waals surface area (Å²) in [5.41, 5.74) is 5.72. The predicted octanol–water partition coefficient (Wildman–Crippen LogP) is 1.84. The molecule has 0 bridgehead atoms. The molecule has 23 heavy (non-hydrogen) atoms. The maximum atomic E-state index is 12.6. The van der Waals surface area contributed by atoms with Gasteiger partial charge in [-0.15, -0.1) is 0 Å². The summed E-state index contributed by atoms with van der Waals surface area (Å²) in [6.07, 6.45) is 1.96. The second kappa shape index (κ2) is 6.66. The molecular formula is C16H19ClN2O4. The average Bonchev–Trinajstić information content (AvgIpc) is 2.54. The third kappa shape index (κ3) is 3.52. The van der Waals surface area contributed by atoms with Gasteiger partial charge in [0, 0.05) is 25.1 Å². The van der Waals surface area contributed by atoms with Crippen LogP contribution in [-0.2, 0) is 4.79 Å². The Morgan fingerprint density at radius 1 is 1.22 bits per heavy atom. The minimum atomic E-state index is -0.284. The Labute approximate surface area is 139 Å². The third-order valence-electron chi connectivity index (χ3n) is 4.24. The number of amides is 2. The Morgan fingerprint density at radius 3 is 2.61 bits per heavy atom. The number of nitrogens with zero attached hydrogens (tertiary/aromatic N) is 1. The molecule has 7 heteroatoms. The fraction of sp³-hybridized carbons (Fsp3) is 0.500. The van der Waals surface area contributed by atoms with Gasteiger partial charge in [0.25, 0.3) is 5.91 Å². The molecule has 124 valence electrons. The van der Waals surface area contributed by atoms with Gasteiger partial charge in [-0.2, -0.15) is 0 Å². The van der Waals surface area contributed by atoms with Gasteiger partial charge in [-0.25, -0.2) is 0 Å². The highest BCUT2D eigenvalue weighted by Crippen LogP contribution is 2.38. The summed E-state index contributed by atoms with van der Waals surface area (Å²) in [6.45, 7) is 2.12. The summed E-state index contributed by atoms with van der Waals surface area (Å²) in [5.74, 6) is 0.903. The average molecular weight is 339 g/mol. The molecule has 0 spiro atoms. The van der Waals surface area contributed by atoms with Crippen molar-refractivity contribution in [2.75, 3.05) is 26.3 Å². The predicted molar refractivity (Wildman–Crippen MR) is 84.9 cm³/mol. The number of hydrogen-bond acceptors (Lipinski definition) is 4. The van der Waals surface area contributed by atoms with Gasteiger partial charge in [-0.05, 0) is 30.9 Å². The first-order chi connectivity index (χ1) is 11.0. The van der Waals surface area contributed by atoms with Crippen LogP contribution in [0.5, 0.6) is 11.5 Å². The zero-order chi connectivity index (χ0) is 16.4. The van der Waals surface area contributed by atoms with E-state index in [0.717, 1.165) is 12.8 Å². The number of ether oxygens (including phenoxy) is 2. The number of nitrogens with two attached hydrogens (primary N) is 1. The molecule has 1 aromatic carbocycles. The van der Waals surface area contributed by atoms with Gasteiger partial charge >= 0.3 is 0 Å². The van der Waals surface area contributed by atoms with Crippen LogP contribution in [0.1, 0.15) is 29.6 Å². The molecule has 1 saturated heterocycles. The van der Waals surface area contributed by atoms with Crippen LogP contribution in [0.3, 0.4) is 0 Å². The SMILES string of the molecule is NC(=O)CC1CCN(C(=O)c2cc(Cl)c3c(c2)OCCO3)CC1. The van der Waals surface area contributed by atoms with Crippen molar-refractivity contribution < 1.29 is 19.1 Å². The summed E-state index contributed by atoms with van der Waals surface area (Å²) in [4.78, 5) is 25.4. The summed E-state index contributed by atoms with van der Waals surface area (Å²) in [6, 6.07) is 3.30. The number of primary amides is 1. The number of carbonyl (C=O) groups is 2. The van der Waals surface area contributed by atoms with E-state index in [9.17, 15) is 9.59 Å². The summed E-state index contributed by atoms with van der Waals surface area (Å²) in [5, 5.41) is 0.383. The molecule has 0 aliphatic carbocycles. The smallest absolute Gasteiger partial charge is 0.254 e. The molecule has 6 nitrogen and oxygen atoms in total. The normalized spacial score (nSPS) is 17.9. The first kappa shape index (κ1) is 15.9. The van der Waals surface area contributed by atoms with Gasteiger partial charge in [0.2, 0.25) is 5.91 Å². The lowest BCUT2D eigenvalue weighted by atomic mass is 9.93. The second-order valence-electron chi connectivity index (χ2n) is 5.89. The van der Waals surface area contributed by atoms with Crippen molar-refractivity contribution in [2.45, 2.75) is 19.3 Å². The van der Waals surface area contributed by atoms with E-state index in [0.29, 0.717) is 54.8 Å². The number of hydrogen-bond donors (Lipinski definition) is 1. The largest absolute Gasteiger partial charge is 0.486 e. The maximum absolute atomic E-state index is 12.6. The summed E-state index contributed by atoms with van der Waals surface area (Å²) >= 11 is 6.18. The quantitative estimate of drug-likeness (QED) is 0.911. The Balaban J connectivity index is 1.69. The van der Waals surface area contributed by atoms with Crippen LogP contribution in [0.4, 0.5) is 0 Å². The van der Waals surface area contributed by atoms with Crippen LogP contribution >= 0.6 is 11.6 Å². The minimum absolute atomic E-state index is 0.0820. The first-order valence-corrected chi connectivity index (χ1v) is 8.09. The van der Waals surface area contributed by atoms with E-state index in [1.165, 1.54) is 0 Å². The van der Waals surface area contributed by atoms with Gasteiger partial charge in [-0.1, -0.05) is 11.6 Å². The molecule has 0 aromatic heterocycles. The fourth-order valence-corrected chi connectivity index (χ4v) is 3.31. The monoisotopic (exact) mass is 338 g/mol. The summed E-state index contributed by atoms with van der Waals surface area (Å²) < 4.78 is 11.0. The van der Waals surface area contributed by atoms with Gasteiger partial charge in [0.05, 0.1) is 5.02 Å². The van der Waals surface area contributed by atoms with Crippen molar-refractivity contribution >= 4 is 23.4 Å². The zero-order valence-electron chi connectivity index (χ0n) is 12.7. The lowest BCUT2D eigenvalue weighted by Gasteiger charge is -2.32. The van der Waals surface area contributed by atoms with Gasteiger partial charge in [-0.3, -0.25) is 9.59 Å². The third-order valence-corrected chi connectivity index (χ3v) is 4.52. The number of rotatable bonds is 3. The number of likely N-dealkylation sites (tertiary alicyclic amines) is 1. The number of benzene rings is 1. The van der Waals surface area contributed by atoms with Crippen molar-refractivity contribution in [2.24, 2.45) is 11.7 Å². The highest BCUT2D eigenvalue weighted by molar-refractivity contribution is 6.32. The van der Waals surface area contributed by atoms with Crippen molar-refractivity contribution in [3.05, 3.63) is 22.7 Å². The summed E-state index contributed by atoms with van der Waals surface area (Å²) in [7, 11) is 0. The van der Waals surface area contributed by atoms with E-state index >= 15 is 0 Å². The highest BCUT2D eigenvalue weighted by atomic mass is 35.5. The molecule has 0 atom stereocenters. The van der Waals surface area contributed by atoms with Gasteiger partial charge in [0.1, 0.15) is 13.2 Å². The number of carbonyl (C=O) groups excluding carboxylic acids is 2. The van der Waals surface area contributed by atoms with Crippen LogP contribution in [0.15, 0.2) is 12.1 Å². The molecule has 3 rings (SSSR count). The lowest BCUT2D eigenvalue weighted by molar-refractivity contribution is -0.119. The second-order valence-corrected chi connectivity index (χ2v) is 6.30. The van der Waals surface area contributed by atoms with Crippen molar-refractivity contribution in [1.82, 2.24) is 4.90 Å². The van der Waals surface area contributed by atoms with E-state index in [1.54, 1.807) is 17.0 Å². The molecule has 0 unspecified atom stereocenters. The number of piperidine rings is 1. The van der Waals surface area contributed by atoms with E-state index in [-0.39, 0.29) is 17.7 Å². The molecule has 2 amide bonds. The van der Waals surface area contributed by atoms with E-state index in [4.69, 9.17) is 26.8 Å². The number of fused-ring (bicyclic) bond motifs is 1. The van der Waals surface area contributed by atoms with Gasteiger partial charge in [0.15, 0.2) is 11.5 Å². The topological polar surface area (TPSA) is 81.9 Å². The highest BCUT2D eigenvalue weighted by Gasteiger charge is 2.26. The maximum Gasteiger partial charge on any atom is 0.254 e. The molecule has 1 fully saturated rings. The van der Waals surface area contributed by atoms with Crippen molar-refractivity contribution in [1.29, 1.82) is 0 Å². The van der Waals surface area contributed by atoms with Gasteiger partial charge < -0.3 is 20.1 Å². The van der Waals surface area contributed by atoms with Crippen LogP contribution < -0.4 is 15.2 Å². The Morgan fingerprint density at radius 2 is 1.91 bits per heavy atom. The van der Waals surface area contributed by atoms with E-state index in [2.05, 4.69) is 0 Å². The molecular weight excluding hydrogens is 320 g/mol. The molecule has 0 radical (unpaired) electrons. The fourth-order valence-electron chi connectivity index (χ4n) is 3.04. The van der Waals surface area contributed by atoms with Crippen LogP contribution in [0, 0.1) is 5.92 Å². The van der Waals surface area contributed by atoms with Crippen LogP contribution in [0.25, 0.3) is 0 Å².